The molecular weight excluding hydrogens is 516 g/mol. The number of aryl methyl sites for hydroxylation is 1. The van der Waals surface area contributed by atoms with Gasteiger partial charge in [0.05, 0.1) is 10.2 Å². The second-order valence-electron chi connectivity index (χ2n) is 10.1. The molecule has 9 nitrogen and oxygen atoms in total. The van der Waals surface area contributed by atoms with E-state index in [0.29, 0.717) is 50.9 Å². The van der Waals surface area contributed by atoms with E-state index in [-0.39, 0.29) is 42.6 Å². The van der Waals surface area contributed by atoms with Crippen LogP contribution in [0.15, 0.2) is 41.8 Å². The standard InChI is InChI=1S/C29H36N4O5S/c1-3-32(22-7-4-6-19(2)16-22)26(34)18-33-23-13-15-39-25(23)17-24(33)29(38)31-21-11-9-20(10-12-21)28(37)30-14-5-8-27(35)36/h4,6-7,13,15-17,20-21H,3,5,8-12,14,18H2,1-2H3,(H,30,37)(H,31,38)(H,35,36). The minimum atomic E-state index is -0.871. The molecule has 0 atom stereocenters. The second kappa shape index (κ2) is 12.9. The average molecular weight is 553 g/mol. The van der Waals surface area contributed by atoms with Crippen LogP contribution in [-0.2, 0) is 20.9 Å². The topological polar surface area (TPSA) is 121 Å². The van der Waals surface area contributed by atoms with Gasteiger partial charge >= 0.3 is 5.97 Å². The number of nitrogens with zero attached hydrogens (tertiary/aromatic N) is 2. The maximum Gasteiger partial charge on any atom is 0.303 e. The second-order valence-corrected chi connectivity index (χ2v) is 11.0. The van der Waals surface area contributed by atoms with Crippen LogP contribution in [0.25, 0.3) is 10.2 Å². The number of hydrogen-bond donors (Lipinski definition) is 3. The van der Waals surface area contributed by atoms with E-state index in [1.54, 1.807) is 9.47 Å². The number of amides is 3. The molecule has 3 amide bonds. The maximum absolute atomic E-state index is 13.4. The molecule has 0 spiro atoms. The summed E-state index contributed by atoms with van der Waals surface area (Å²) >= 11 is 1.54. The number of aliphatic carboxylic acids is 1. The molecular formula is C29H36N4O5S. The number of rotatable bonds is 11. The van der Waals surface area contributed by atoms with Crippen molar-refractivity contribution >= 4 is 50.9 Å². The largest absolute Gasteiger partial charge is 0.481 e. The molecule has 0 radical (unpaired) electrons. The van der Waals surface area contributed by atoms with Crippen molar-refractivity contribution in [1.29, 1.82) is 0 Å². The number of carbonyl (C=O) groups excluding carboxylic acids is 3. The number of aromatic nitrogens is 1. The smallest absolute Gasteiger partial charge is 0.303 e. The number of benzene rings is 1. The summed E-state index contributed by atoms with van der Waals surface area (Å²) in [4.78, 5) is 51.6. The highest BCUT2D eigenvalue weighted by Gasteiger charge is 2.28. The highest BCUT2D eigenvalue weighted by molar-refractivity contribution is 7.17. The van der Waals surface area contributed by atoms with Crippen LogP contribution in [0, 0.1) is 12.8 Å². The molecule has 2 heterocycles. The van der Waals surface area contributed by atoms with E-state index >= 15 is 0 Å². The lowest BCUT2D eigenvalue weighted by molar-refractivity contribution is -0.137. The van der Waals surface area contributed by atoms with Crippen LogP contribution >= 0.6 is 11.3 Å². The minimum Gasteiger partial charge on any atom is -0.481 e. The predicted octanol–water partition coefficient (Wildman–Crippen LogP) is 4.33. The van der Waals surface area contributed by atoms with Gasteiger partial charge in [-0.25, -0.2) is 0 Å². The highest BCUT2D eigenvalue weighted by atomic mass is 32.1. The van der Waals surface area contributed by atoms with Crippen molar-refractivity contribution in [3.05, 3.63) is 53.0 Å². The first-order valence-corrected chi connectivity index (χ1v) is 14.4. The van der Waals surface area contributed by atoms with Gasteiger partial charge in [0.15, 0.2) is 0 Å². The van der Waals surface area contributed by atoms with Gasteiger partial charge < -0.3 is 25.2 Å². The molecule has 4 rings (SSSR count). The first kappa shape index (κ1) is 28.4. The molecule has 1 fully saturated rings. The van der Waals surface area contributed by atoms with Gasteiger partial charge in [-0.1, -0.05) is 12.1 Å². The first-order chi connectivity index (χ1) is 18.8. The van der Waals surface area contributed by atoms with E-state index in [2.05, 4.69) is 10.6 Å². The molecule has 0 aliphatic heterocycles. The Morgan fingerprint density at radius 2 is 1.87 bits per heavy atom. The van der Waals surface area contributed by atoms with Crippen molar-refractivity contribution in [3.8, 4) is 0 Å². The summed E-state index contributed by atoms with van der Waals surface area (Å²) < 4.78 is 2.76. The van der Waals surface area contributed by atoms with Crippen LogP contribution < -0.4 is 15.5 Å². The van der Waals surface area contributed by atoms with E-state index in [1.807, 2.05) is 55.6 Å². The predicted molar refractivity (Wildman–Crippen MR) is 152 cm³/mol. The maximum atomic E-state index is 13.4. The third-order valence-corrected chi connectivity index (χ3v) is 8.13. The molecule has 0 saturated heterocycles. The highest BCUT2D eigenvalue weighted by Crippen LogP contribution is 2.28. The summed E-state index contributed by atoms with van der Waals surface area (Å²) in [7, 11) is 0. The van der Waals surface area contributed by atoms with E-state index in [4.69, 9.17) is 5.11 Å². The zero-order valence-electron chi connectivity index (χ0n) is 22.4. The number of carbonyl (C=O) groups is 4. The summed E-state index contributed by atoms with van der Waals surface area (Å²) in [5, 5.41) is 16.6. The van der Waals surface area contributed by atoms with Crippen molar-refractivity contribution in [2.24, 2.45) is 5.92 Å². The quantitative estimate of drug-likeness (QED) is 0.306. The summed E-state index contributed by atoms with van der Waals surface area (Å²) in [6.45, 7) is 4.87. The number of thiophene rings is 1. The van der Waals surface area contributed by atoms with Crippen LogP contribution in [-0.4, -0.2) is 52.5 Å². The van der Waals surface area contributed by atoms with E-state index in [9.17, 15) is 19.2 Å². The molecule has 1 aliphatic carbocycles. The Labute approximate surface area is 232 Å². The number of anilines is 1. The third-order valence-electron chi connectivity index (χ3n) is 7.28. The Hall–Kier alpha value is -3.66. The van der Waals surface area contributed by atoms with Gasteiger partial charge in [-0.3, -0.25) is 19.2 Å². The fraction of sp³-hybridized carbons (Fsp3) is 0.448. The summed E-state index contributed by atoms with van der Waals surface area (Å²) in [5.41, 5.74) is 3.24. The summed E-state index contributed by atoms with van der Waals surface area (Å²) in [6, 6.07) is 11.6. The normalized spacial score (nSPS) is 17.1. The molecule has 3 aromatic rings. The molecule has 0 bridgehead atoms. The molecule has 3 N–H and O–H groups in total. The Morgan fingerprint density at radius 3 is 2.56 bits per heavy atom. The van der Waals surface area contributed by atoms with Crippen molar-refractivity contribution in [2.75, 3.05) is 18.0 Å². The van der Waals surface area contributed by atoms with E-state index in [1.165, 1.54) is 11.3 Å². The summed E-state index contributed by atoms with van der Waals surface area (Å²) in [6.07, 6.45) is 3.13. The lowest BCUT2D eigenvalue weighted by atomic mass is 9.85. The van der Waals surface area contributed by atoms with Gasteiger partial charge in [-0.2, -0.15) is 0 Å². The van der Waals surface area contributed by atoms with Gasteiger partial charge in [0.2, 0.25) is 11.8 Å². The van der Waals surface area contributed by atoms with Crippen LogP contribution in [0.3, 0.4) is 0 Å². The lowest BCUT2D eigenvalue weighted by Crippen LogP contribution is -2.42. The Kier molecular flexibility index (Phi) is 9.40. The third kappa shape index (κ3) is 7.06. The Morgan fingerprint density at radius 1 is 1.10 bits per heavy atom. The number of nitrogens with one attached hydrogen (secondary N) is 2. The van der Waals surface area contributed by atoms with Gasteiger partial charge in [-0.05, 0) is 81.2 Å². The number of carboxylic acid groups (broad SMARTS) is 1. The fourth-order valence-electron chi connectivity index (χ4n) is 5.21. The molecule has 1 aromatic carbocycles. The number of carboxylic acids is 1. The van der Waals surface area contributed by atoms with Crippen LogP contribution in [0.2, 0.25) is 0 Å². The molecule has 2 aromatic heterocycles. The molecule has 1 saturated carbocycles. The van der Waals surface area contributed by atoms with Crippen molar-refractivity contribution in [2.45, 2.75) is 65.0 Å². The molecule has 10 heteroatoms. The molecule has 0 unspecified atom stereocenters. The summed E-state index contributed by atoms with van der Waals surface area (Å²) in [5.74, 6) is -1.35. The van der Waals surface area contributed by atoms with Crippen molar-refractivity contribution in [3.63, 3.8) is 0 Å². The van der Waals surface area contributed by atoms with Crippen molar-refractivity contribution in [1.82, 2.24) is 15.2 Å². The van der Waals surface area contributed by atoms with Crippen molar-refractivity contribution < 1.29 is 24.3 Å². The lowest BCUT2D eigenvalue weighted by Gasteiger charge is -2.28. The number of likely N-dealkylation sites (N-methyl/N-ethyl adjacent to an activating group) is 1. The van der Waals surface area contributed by atoms with Gasteiger partial charge in [0.25, 0.3) is 5.91 Å². The zero-order valence-corrected chi connectivity index (χ0v) is 23.3. The Bertz CT molecular complexity index is 1340. The minimum absolute atomic E-state index is 0.0342. The van der Waals surface area contributed by atoms with E-state index < -0.39 is 5.97 Å². The first-order valence-electron chi connectivity index (χ1n) is 13.5. The van der Waals surface area contributed by atoms with E-state index in [0.717, 1.165) is 21.5 Å². The van der Waals surface area contributed by atoms with Crippen LogP contribution in [0.4, 0.5) is 5.69 Å². The van der Waals surface area contributed by atoms with Gasteiger partial charge in [0, 0.05) is 37.2 Å². The molecule has 208 valence electrons. The number of fused-ring (bicyclic) bond motifs is 1. The monoisotopic (exact) mass is 552 g/mol. The van der Waals surface area contributed by atoms with Gasteiger partial charge in [-0.15, -0.1) is 11.3 Å². The van der Waals surface area contributed by atoms with Crippen LogP contribution in [0.1, 0.15) is 61.5 Å². The van der Waals surface area contributed by atoms with Gasteiger partial charge in [0.1, 0.15) is 12.2 Å². The number of hydrogen-bond acceptors (Lipinski definition) is 5. The Balaban J connectivity index is 1.38. The fourth-order valence-corrected chi connectivity index (χ4v) is 6.03. The van der Waals surface area contributed by atoms with Crippen LogP contribution in [0.5, 0.6) is 0 Å². The average Bonchev–Trinajstić information content (AvgIpc) is 3.50. The zero-order chi connectivity index (χ0) is 27.9. The molecule has 39 heavy (non-hydrogen) atoms. The SMILES string of the molecule is CCN(C(=O)Cn1c(C(=O)NC2CCC(C(=O)NCCCC(=O)O)CC2)cc2sccc21)c1cccc(C)c1. The molecule has 1 aliphatic rings.